The van der Waals surface area contributed by atoms with Crippen LogP contribution in [0.15, 0.2) is 18.3 Å². The molecule has 1 aromatic rings. The lowest BCUT2D eigenvalue weighted by atomic mass is 10.2. The van der Waals surface area contributed by atoms with E-state index in [1.54, 1.807) is 12.0 Å². The van der Waals surface area contributed by atoms with Crippen LogP contribution in [0.25, 0.3) is 0 Å². The summed E-state index contributed by atoms with van der Waals surface area (Å²) in [4.78, 5) is 29.1. The van der Waals surface area contributed by atoms with E-state index in [0.717, 1.165) is 37.8 Å². The van der Waals surface area contributed by atoms with Gasteiger partial charge in [0.15, 0.2) is 0 Å². The van der Waals surface area contributed by atoms with Gasteiger partial charge in [0.05, 0.1) is 19.7 Å². The number of nitrogens with zero attached hydrogens (tertiary/aromatic N) is 3. The van der Waals surface area contributed by atoms with Gasteiger partial charge in [-0.1, -0.05) is 33.1 Å². The van der Waals surface area contributed by atoms with E-state index in [-0.39, 0.29) is 18.4 Å². The number of unbranched alkanes of at least 4 members (excludes halogenated alkanes) is 3. The van der Waals surface area contributed by atoms with E-state index in [1.165, 1.54) is 0 Å². The van der Waals surface area contributed by atoms with Crippen molar-refractivity contribution in [3.05, 3.63) is 24.0 Å². The number of carbonyl (C=O) groups is 2. The molecule has 0 N–H and O–H groups in total. The minimum atomic E-state index is 0.00425. The number of hydrogen-bond acceptors (Lipinski definition) is 3. The van der Waals surface area contributed by atoms with Crippen molar-refractivity contribution in [2.24, 2.45) is 7.05 Å². The van der Waals surface area contributed by atoms with Crippen LogP contribution < -0.4 is 0 Å². The maximum absolute atomic E-state index is 13.0. The molecule has 0 radical (unpaired) electrons. The first-order chi connectivity index (χ1) is 13.0. The predicted molar refractivity (Wildman–Crippen MR) is 108 cm³/mol. The number of methoxy groups -OCH3 is 1. The Balaban J connectivity index is 2.76. The molecule has 0 aliphatic heterocycles. The Morgan fingerprint density at radius 3 is 2.37 bits per heavy atom. The second-order valence-corrected chi connectivity index (χ2v) is 7.04. The van der Waals surface area contributed by atoms with Gasteiger partial charge >= 0.3 is 0 Å². The van der Waals surface area contributed by atoms with Crippen molar-refractivity contribution < 1.29 is 14.3 Å². The molecule has 0 bridgehead atoms. The summed E-state index contributed by atoms with van der Waals surface area (Å²) in [6, 6.07) is 4.02. The third kappa shape index (κ3) is 8.61. The summed E-state index contributed by atoms with van der Waals surface area (Å²) >= 11 is 0. The van der Waals surface area contributed by atoms with Gasteiger partial charge in [0, 0.05) is 45.6 Å². The van der Waals surface area contributed by atoms with Crippen LogP contribution >= 0.6 is 0 Å². The van der Waals surface area contributed by atoms with Crippen LogP contribution in [-0.4, -0.2) is 59.5 Å². The number of hydrogen-bond donors (Lipinski definition) is 0. The summed E-state index contributed by atoms with van der Waals surface area (Å²) in [7, 11) is 3.60. The third-order valence-electron chi connectivity index (χ3n) is 4.78. The molecular weight excluding hydrogens is 342 g/mol. The Bertz CT molecular complexity index is 557. The zero-order valence-electron chi connectivity index (χ0n) is 17.6. The number of aromatic nitrogens is 1. The molecule has 1 rings (SSSR count). The highest BCUT2D eigenvalue weighted by Crippen LogP contribution is 2.09. The fraction of sp³-hybridized carbons (Fsp3) is 0.714. The fourth-order valence-corrected chi connectivity index (χ4v) is 2.94. The van der Waals surface area contributed by atoms with Gasteiger partial charge in [0.25, 0.3) is 0 Å². The van der Waals surface area contributed by atoms with Crippen molar-refractivity contribution in [2.45, 2.75) is 58.9 Å². The Morgan fingerprint density at radius 2 is 1.78 bits per heavy atom. The van der Waals surface area contributed by atoms with Crippen molar-refractivity contribution in [3.63, 3.8) is 0 Å². The van der Waals surface area contributed by atoms with Crippen LogP contribution in [0.3, 0.4) is 0 Å². The molecule has 1 heterocycles. The van der Waals surface area contributed by atoms with Crippen LogP contribution in [0.2, 0.25) is 0 Å². The Morgan fingerprint density at radius 1 is 1.04 bits per heavy atom. The quantitative estimate of drug-likeness (QED) is 0.467. The van der Waals surface area contributed by atoms with Gasteiger partial charge in [0.2, 0.25) is 11.8 Å². The number of carbonyl (C=O) groups excluding carboxylic acids is 2. The number of amides is 2. The van der Waals surface area contributed by atoms with Crippen molar-refractivity contribution in [2.75, 3.05) is 33.4 Å². The van der Waals surface area contributed by atoms with Crippen LogP contribution in [0, 0.1) is 0 Å². The van der Waals surface area contributed by atoms with Gasteiger partial charge < -0.3 is 19.1 Å². The Kier molecular flexibility index (Phi) is 11.5. The molecule has 0 atom stereocenters. The van der Waals surface area contributed by atoms with Gasteiger partial charge in [-0.25, -0.2) is 0 Å². The van der Waals surface area contributed by atoms with E-state index in [0.29, 0.717) is 32.7 Å². The normalized spacial score (nSPS) is 10.8. The molecular formula is C21H37N3O3. The molecule has 0 fully saturated rings. The highest BCUT2D eigenvalue weighted by Gasteiger charge is 2.21. The maximum Gasteiger partial charge on any atom is 0.242 e. The van der Waals surface area contributed by atoms with Gasteiger partial charge in [-0.3, -0.25) is 9.59 Å². The largest absolute Gasteiger partial charge is 0.383 e. The Labute approximate surface area is 164 Å². The van der Waals surface area contributed by atoms with Crippen molar-refractivity contribution in [1.82, 2.24) is 14.4 Å². The third-order valence-corrected chi connectivity index (χ3v) is 4.78. The van der Waals surface area contributed by atoms with Crippen molar-refractivity contribution in [1.29, 1.82) is 0 Å². The summed E-state index contributed by atoms with van der Waals surface area (Å²) in [5.74, 6) is 0.0488. The first kappa shape index (κ1) is 23.2. The van der Waals surface area contributed by atoms with Crippen LogP contribution in [0.5, 0.6) is 0 Å². The van der Waals surface area contributed by atoms with Crippen LogP contribution in [-0.2, 0) is 27.9 Å². The summed E-state index contributed by atoms with van der Waals surface area (Å²) in [6.45, 7) is 6.55. The van der Waals surface area contributed by atoms with Crippen LogP contribution in [0.4, 0.5) is 0 Å². The van der Waals surface area contributed by atoms with Crippen molar-refractivity contribution in [3.8, 4) is 0 Å². The number of aryl methyl sites for hydroxylation is 1. The average Bonchev–Trinajstić information content (AvgIpc) is 3.06. The second-order valence-electron chi connectivity index (χ2n) is 7.04. The zero-order chi connectivity index (χ0) is 20.1. The monoisotopic (exact) mass is 379 g/mol. The lowest BCUT2D eigenvalue weighted by Gasteiger charge is -2.28. The summed E-state index contributed by atoms with van der Waals surface area (Å²) in [6.07, 6.45) is 7.45. The first-order valence-electron chi connectivity index (χ1n) is 10.2. The molecule has 2 amide bonds. The van der Waals surface area contributed by atoms with Gasteiger partial charge in [-0.05, 0) is 25.0 Å². The van der Waals surface area contributed by atoms with Gasteiger partial charge in [-0.2, -0.15) is 0 Å². The zero-order valence-corrected chi connectivity index (χ0v) is 17.6. The lowest BCUT2D eigenvalue weighted by molar-refractivity contribution is -0.141. The lowest BCUT2D eigenvalue weighted by Crippen LogP contribution is -2.44. The second kappa shape index (κ2) is 13.4. The average molecular weight is 380 g/mol. The highest BCUT2D eigenvalue weighted by atomic mass is 16.5. The van der Waals surface area contributed by atoms with E-state index in [4.69, 9.17) is 4.74 Å². The molecule has 6 nitrogen and oxygen atoms in total. The molecule has 0 spiro atoms. The van der Waals surface area contributed by atoms with Gasteiger partial charge in [0.1, 0.15) is 0 Å². The molecule has 1 aromatic heterocycles. The van der Waals surface area contributed by atoms with E-state index >= 15 is 0 Å². The summed E-state index contributed by atoms with van der Waals surface area (Å²) in [5.41, 5.74) is 1.09. The maximum atomic E-state index is 13.0. The molecule has 6 heteroatoms. The SMILES string of the molecule is CCCCCC(=O)N(CCOC)CC(=O)N(CCCC)Cc1cccn1C. The Hall–Kier alpha value is -1.82. The molecule has 0 aliphatic rings. The van der Waals surface area contributed by atoms with E-state index in [2.05, 4.69) is 13.8 Å². The topological polar surface area (TPSA) is 54.8 Å². The molecule has 0 saturated heterocycles. The van der Waals surface area contributed by atoms with Gasteiger partial charge in [-0.15, -0.1) is 0 Å². The number of ether oxygens (including phenoxy) is 1. The highest BCUT2D eigenvalue weighted by molar-refractivity contribution is 5.84. The summed E-state index contributed by atoms with van der Waals surface area (Å²) < 4.78 is 7.17. The number of rotatable bonds is 14. The molecule has 0 aliphatic carbocycles. The molecule has 27 heavy (non-hydrogen) atoms. The summed E-state index contributed by atoms with van der Waals surface area (Å²) in [5, 5.41) is 0. The predicted octanol–water partition coefficient (Wildman–Crippen LogP) is 3.21. The first-order valence-corrected chi connectivity index (χ1v) is 10.2. The van der Waals surface area contributed by atoms with E-state index in [1.807, 2.05) is 34.8 Å². The molecule has 0 saturated carbocycles. The standard InChI is InChI=1S/C21H37N3O3/c1-5-7-9-12-20(25)24(15-16-27-4)18-21(26)23(14-8-6-2)17-19-11-10-13-22(19)3/h10-11,13H,5-9,12,14-18H2,1-4H3. The van der Waals surface area contributed by atoms with E-state index < -0.39 is 0 Å². The smallest absolute Gasteiger partial charge is 0.242 e. The fourth-order valence-electron chi connectivity index (χ4n) is 2.94. The minimum Gasteiger partial charge on any atom is -0.383 e. The molecule has 154 valence electrons. The molecule has 0 aromatic carbocycles. The van der Waals surface area contributed by atoms with Crippen LogP contribution in [0.1, 0.15) is 58.1 Å². The molecule has 0 unspecified atom stereocenters. The van der Waals surface area contributed by atoms with E-state index in [9.17, 15) is 9.59 Å². The minimum absolute atomic E-state index is 0.00425. The van der Waals surface area contributed by atoms with Crippen molar-refractivity contribution >= 4 is 11.8 Å².